The molecule has 1 spiro atoms. The first kappa shape index (κ1) is 21.2. The van der Waals surface area contributed by atoms with E-state index in [9.17, 15) is 18.0 Å². The largest absolute Gasteiger partial charge is 0.277 e. The first-order valence-corrected chi connectivity index (χ1v) is 12.1. The maximum absolute atomic E-state index is 13.9. The Kier molecular flexibility index (Phi) is 4.94. The lowest BCUT2D eigenvalue weighted by Gasteiger charge is -2.46. The highest BCUT2D eigenvalue weighted by Gasteiger charge is 2.54. The summed E-state index contributed by atoms with van der Waals surface area (Å²) in [5, 5.41) is 0. The lowest BCUT2D eigenvalue weighted by Crippen LogP contribution is -2.56. The van der Waals surface area contributed by atoms with Crippen LogP contribution in [0.4, 0.5) is 11.4 Å². The minimum absolute atomic E-state index is 0.0980. The molecule has 2 aliphatic carbocycles. The molecule has 0 aromatic heterocycles. The minimum atomic E-state index is -3.92. The SMILES string of the molecule is Cc1ccc(S(=O)(=O)Nc2ccccc2N2C(=O)CC3C=CC=C4C=CC=CC43C2=O)cc1. The molecule has 3 aliphatic rings. The van der Waals surface area contributed by atoms with E-state index >= 15 is 0 Å². The topological polar surface area (TPSA) is 83.6 Å². The van der Waals surface area contributed by atoms with Gasteiger partial charge in [-0.05, 0) is 36.8 Å². The molecule has 1 N–H and O–H groups in total. The molecule has 0 bridgehead atoms. The van der Waals surface area contributed by atoms with Gasteiger partial charge in [0.1, 0.15) is 5.41 Å². The number of nitrogens with zero attached hydrogens (tertiary/aromatic N) is 1. The van der Waals surface area contributed by atoms with Crippen LogP contribution in [0.1, 0.15) is 12.0 Å². The summed E-state index contributed by atoms with van der Waals surface area (Å²) in [5.41, 5.74) is 1.15. The van der Waals surface area contributed by atoms with Crippen molar-refractivity contribution in [1.29, 1.82) is 0 Å². The quantitative estimate of drug-likeness (QED) is 0.693. The van der Waals surface area contributed by atoms with Crippen molar-refractivity contribution in [1.82, 2.24) is 0 Å². The summed E-state index contributed by atoms with van der Waals surface area (Å²) in [6, 6.07) is 12.9. The van der Waals surface area contributed by atoms with Gasteiger partial charge in [0.15, 0.2) is 0 Å². The molecule has 2 atom stereocenters. The van der Waals surface area contributed by atoms with Crippen molar-refractivity contribution < 1.29 is 18.0 Å². The predicted molar refractivity (Wildman–Crippen MR) is 127 cm³/mol. The number of sulfonamides is 1. The van der Waals surface area contributed by atoms with Crippen LogP contribution in [0, 0.1) is 18.3 Å². The molecule has 7 heteroatoms. The monoisotopic (exact) mass is 458 g/mol. The fourth-order valence-electron chi connectivity index (χ4n) is 4.66. The van der Waals surface area contributed by atoms with Gasteiger partial charge >= 0.3 is 0 Å². The average Bonchev–Trinajstić information content (AvgIpc) is 2.80. The maximum atomic E-state index is 13.9. The van der Waals surface area contributed by atoms with Crippen LogP contribution in [-0.4, -0.2) is 20.2 Å². The fourth-order valence-corrected chi connectivity index (χ4v) is 5.73. The number of para-hydroxylation sites is 2. The van der Waals surface area contributed by atoms with Crippen molar-refractivity contribution in [2.45, 2.75) is 18.2 Å². The summed E-state index contributed by atoms with van der Waals surface area (Å²) >= 11 is 0. The normalized spacial score (nSPS) is 23.7. The number of anilines is 2. The number of allylic oxidation sites excluding steroid dienone is 6. The first-order chi connectivity index (χ1) is 15.8. The molecule has 33 heavy (non-hydrogen) atoms. The molecule has 1 fully saturated rings. The molecule has 0 saturated carbocycles. The Labute approximate surface area is 192 Å². The molecule has 166 valence electrons. The molecule has 0 radical (unpaired) electrons. The second-order valence-electron chi connectivity index (χ2n) is 8.37. The van der Waals surface area contributed by atoms with E-state index in [1.54, 1.807) is 36.4 Å². The van der Waals surface area contributed by atoms with Gasteiger partial charge in [0.2, 0.25) is 11.8 Å². The van der Waals surface area contributed by atoms with Crippen molar-refractivity contribution in [3.8, 4) is 0 Å². The molecule has 2 aromatic rings. The van der Waals surface area contributed by atoms with Gasteiger partial charge in [-0.1, -0.05) is 72.4 Å². The second kappa shape index (κ2) is 7.71. The summed E-state index contributed by atoms with van der Waals surface area (Å²) in [4.78, 5) is 28.3. The molecule has 1 saturated heterocycles. The highest BCUT2D eigenvalue weighted by atomic mass is 32.2. The molecule has 1 heterocycles. The predicted octanol–water partition coefficient (Wildman–Crippen LogP) is 4.28. The van der Waals surface area contributed by atoms with Crippen LogP contribution in [0.5, 0.6) is 0 Å². The van der Waals surface area contributed by atoms with Crippen molar-refractivity contribution >= 4 is 33.2 Å². The van der Waals surface area contributed by atoms with Gasteiger partial charge in [-0.2, -0.15) is 0 Å². The summed E-state index contributed by atoms with van der Waals surface area (Å²) < 4.78 is 28.6. The van der Waals surface area contributed by atoms with Gasteiger partial charge < -0.3 is 0 Å². The van der Waals surface area contributed by atoms with Crippen LogP contribution >= 0.6 is 0 Å². The Morgan fingerprint density at radius 1 is 1.00 bits per heavy atom. The molecule has 6 nitrogen and oxygen atoms in total. The van der Waals surface area contributed by atoms with E-state index in [0.717, 1.165) is 16.0 Å². The van der Waals surface area contributed by atoms with Crippen molar-refractivity contribution in [2.24, 2.45) is 11.3 Å². The van der Waals surface area contributed by atoms with Crippen molar-refractivity contribution in [3.05, 3.63) is 102 Å². The number of aryl methyl sites for hydroxylation is 1. The third kappa shape index (κ3) is 3.36. The Morgan fingerprint density at radius 2 is 1.76 bits per heavy atom. The summed E-state index contributed by atoms with van der Waals surface area (Å²) in [6.45, 7) is 1.87. The number of hydrogen-bond donors (Lipinski definition) is 1. The summed E-state index contributed by atoms with van der Waals surface area (Å²) in [5.74, 6) is -1.04. The lowest BCUT2D eigenvalue weighted by molar-refractivity contribution is -0.135. The number of amides is 2. The number of imide groups is 1. The highest BCUT2D eigenvalue weighted by Crippen LogP contribution is 2.50. The van der Waals surface area contributed by atoms with Crippen LogP contribution in [0.3, 0.4) is 0 Å². The van der Waals surface area contributed by atoms with E-state index in [-0.39, 0.29) is 40.4 Å². The Balaban J connectivity index is 1.56. The number of nitrogens with one attached hydrogen (secondary N) is 1. The second-order valence-corrected chi connectivity index (χ2v) is 10.1. The standard InChI is InChI=1S/C26H22N2O4S/c1-18-12-14-21(15-13-18)33(31,32)27-22-10-2-3-11-23(22)28-24(29)17-20-9-6-8-19-7-4-5-16-26(19,20)25(28)30/h2-16,20,27H,17H2,1H3. The zero-order valence-electron chi connectivity index (χ0n) is 17.9. The molecule has 5 rings (SSSR count). The smallest absolute Gasteiger partial charge is 0.261 e. The third-order valence-corrected chi connectivity index (χ3v) is 7.73. The van der Waals surface area contributed by atoms with Crippen LogP contribution < -0.4 is 9.62 Å². The van der Waals surface area contributed by atoms with Crippen LogP contribution in [-0.2, 0) is 19.6 Å². The van der Waals surface area contributed by atoms with Gasteiger partial charge in [0, 0.05) is 12.3 Å². The van der Waals surface area contributed by atoms with E-state index in [2.05, 4.69) is 4.72 Å². The van der Waals surface area contributed by atoms with E-state index in [1.807, 2.05) is 49.5 Å². The van der Waals surface area contributed by atoms with Crippen LogP contribution in [0.15, 0.2) is 102 Å². The van der Waals surface area contributed by atoms with Crippen LogP contribution in [0.25, 0.3) is 0 Å². The number of rotatable bonds is 4. The zero-order chi connectivity index (χ0) is 23.2. The summed E-state index contributed by atoms with van der Waals surface area (Å²) in [7, 11) is -3.92. The molecular weight excluding hydrogens is 436 g/mol. The molecule has 2 aromatic carbocycles. The van der Waals surface area contributed by atoms with Gasteiger partial charge in [0.25, 0.3) is 10.0 Å². The van der Waals surface area contributed by atoms with E-state index < -0.39 is 15.4 Å². The lowest BCUT2D eigenvalue weighted by atomic mass is 9.62. The van der Waals surface area contributed by atoms with Crippen molar-refractivity contribution in [3.63, 3.8) is 0 Å². The van der Waals surface area contributed by atoms with Gasteiger partial charge in [0.05, 0.1) is 16.3 Å². The number of hydrogen-bond acceptors (Lipinski definition) is 4. The highest BCUT2D eigenvalue weighted by molar-refractivity contribution is 7.92. The van der Waals surface area contributed by atoms with Crippen molar-refractivity contribution in [2.75, 3.05) is 9.62 Å². The maximum Gasteiger partial charge on any atom is 0.261 e. The summed E-state index contributed by atoms with van der Waals surface area (Å²) in [6.07, 6.45) is 13.2. The van der Waals surface area contributed by atoms with E-state index in [1.165, 1.54) is 12.1 Å². The fraction of sp³-hybridized carbons (Fsp3) is 0.154. The van der Waals surface area contributed by atoms with E-state index in [4.69, 9.17) is 0 Å². The average molecular weight is 459 g/mol. The van der Waals surface area contributed by atoms with Gasteiger partial charge in [-0.25, -0.2) is 13.3 Å². The Bertz CT molecular complexity index is 1380. The zero-order valence-corrected chi connectivity index (χ0v) is 18.7. The third-order valence-electron chi connectivity index (χ3n) is 6.35. The van der Waals surface area contributed by atoms with E-state index in [0.29, 0.717) is 0 Å². The number of piperidine rings is 1. The van der Waals surface area contributed by atoms with Gasteiger partial charge in [-0.3, -0.25) is 14.3 Å². The number of benzene rings is 2. The molecule has 1 aliphatic heterocycles. The molecule has 2 amide bonds. The Morgan fingerprint density at radius 3 is 2.55 bits per heavy atom. The number of carbonyl (C=O) groups excluding carboxylic acids is 2. The Hall–Kier alpha value is -3.71. The molecular formula is C26H22N2O4S. The van der Waals surface area contributed by atoms with Crippen LogP contribution in [0.2, 0.25) is 0 Å². The minimum Gasteiger partial charge on any atom is -0.277 e. The molecule has 2 unspecified atom stereocenters. The first-order valence-electron chi connectivity index (χ1n) is 10.6. The number of carbonyl (C=O) groups is 2. The van der Waals surface area contributed by atoms with Gasteiger partial charge in [-0.15, -0.1) is 0 Å².